The number of aromatic hydroxyl groups is 1. The first-order valence-electron chi connectivity index (χ1n) is 4.99. The minimum atomic E-state index is -0.940. The Morgan fingerprint density at radius 2 is 1.94 bits per heavy atom. The Labute approximate surface area is 93.9 Å². The van der Waals surface area contributed by atoms with E-state index in [1.165, 1.54) is 6.07 Å². The monoisotopic (exact) mass is 222 g/mol. The average molecular weight is 222 g/mol. The Bertz CT molecular complexity index is 412. The summed E-state index contributed by atoms with van der Waals surface area (Å²) < 4.78 is 4.60. The number of ether oxygens (including phenoxy) is 1. The molecule has 0 heterocycles. The van der Waals surface area contributed by atoms with Gasteiger partial charge in [-0.05, 0) is 38.0 Å². The number of esters is 1. The van der Waals surface area contributed by atoms with Gasteiger partial charge in [-0.2, -0.15) is 0 Å². The maximum absolute atomic E-state index is 11.7. The van der Waals surface area contributed by atoms with Crippen LogP contribution in [0.3, 0.4) is 0 Å². The van der Waals surface area contributed by atoms with Gasteiger partial charge in [0, 0.05) is 0 Å². The number of benzene rings is 1. The van der Waals surface area contributed by atoms with Gasteiger partial charge in [0.1, 0.15) is 5.75 Å². The van der Waals surface area contributed by atoms with E-state index >= 15 is 0 Å². The smallest absolute Gasteiger partial charge is 0.379 e. The van der Waals surface area contributed by atoms with Gasteiger partial charge in [-0.1, -0.05) is 6.07 Å². The van der Waals surface area contributed by atoms with Gasteiger partial charge < -0.3 is 9.84 Å². The van der Waals surface area contributed by atoms with Crippen LogP contribution in [0.1, 0.15) is 28.4 Å². The van der Waals surface area contributed by atoms with Crippen LogP contribution in [-0.2, 0) is 9.53 Å². The summed E-state index contributed by atoms with van der Waals surface area (Å²) in [5, 5.41) is 9.63. The number of carbonyl (C=O) groups excluding carboxylic acids is 2. The number of phenols is 1. The first-order chi connectivity index (χ1) is 7.47. The number of aryl methyl sites for hydroxylation is 2. The molecule has 0 atom stereocenters. The molecule has 0 aliphatic heterocycles. The highest BCUT2D eigenvalue weighted by Gasteiger charge is 2.23. The van der Waals surface area contributed by atoms with Crippen molar-refractivity contribution in [1.82, 2.24) is 0 Å². The summed E-state index contributed by atoms with van der Waals surface area (Å²) >= 11 is 0. The van der Waals surface area contributed by atoms with Crippen molar-refractivity contribution in [1.29, 1.82) is 0 Å². The molecule has 0 radical (unpaired) electrons. The number of phenolic OH excluding ortho intramolecular Hbond substituents is 1. The second kappa shape index (κ2) is 4.79. The number of ketones is 1. The molecule has 1 N–H and O–H groups in total. The van der Waals surface area contributed by atoms with Crippen LogP contribution in [0.4, 0.5) is 0 Å². The second-order valence-electron chi connectivity index (χ2n) is 3.53. The second-order valence-corrected chi connectivity index (χ2v) is 3.53. The lowest BCUT2D eigenvalue weighted by Crippen LogP contribution is -2.18. The highest BCUT2D eigenvalue weighted by molar-refractivity contribution is 6.41. The Morgan fingerprint density at radius 3 is 2.44 bits per heavy atom. The number of hydrogen-bond donors (Lipinski definition) is 1. The first kappa shape index (κ1) is 12.2. The van der Waals surface area contributed by atoms with Gasteiger partial charge in [0.25, 0.3) is 5.78 Å². The van der Waals surface area contributed by atoms with Gasteiger partial charge in [-0.3, -0.25) is 4.79 Å². The Balaban J connectivity index is 3.14. The molecular weight excluding hydrogens is 208 g/mol. The third-order valence-electron chi connectivity index (χ3n) is 2.15. The van der Waals surface area contributed by atoms with Crippen LogP contribution in [0.15, 0.2) is 12.1 Å². The average Bonchev–Trinajstić information content (AvgIpc) is 2.16. The molecule has 0 aromatic heterocycles. The van der Waals surface area contributed by atoms with Crippen molar-refractivity contribution in [3.8, 4) is 5.75 Å². The summed E-state index contributed by atoms with van der Waals surface area (Å²) in [4.78, 5) is 22.9. The minimum absolute atomic E-state index is 0.0176. The van der Waals surface area contributed by atoms with Crippen molar-refractivity contribution < 1.29 is 19.4 Å². The molecule has 0 saturated carbocycles. The SMILES string of the molecule is CCOC(=O)C(=O)c1c(C)cc(C)cc1O. The van der Waals surface area contributed by atoms with E-state index in [9.17, 15) is 14.7 Å². The summed E-state index contributed by atoms with van der Waals surface area (Å²) in [5.74, 6) is -1.93. The molecule has 1 rings (SSSR count). The van der Waals surface area contributed by atoms with E-state index < -0.39 is 11.8 Å². The highest BCUT2D eigenvalue weighted by Crippen LogP contribution is 2.23. The van der Waals surface area contributed by atoms with E-state index in [-0.39, 0.29) is 17.9 Å². The molecule has 0 aliphatic carbocycles. The van der Waals surface area contributed by atoms with E-state index in [2.05, 4.69) is 4.74 Å². The van der Waals surface area contributed by atoms with Gasteiger partial charge in [-0.15, -0.1) is 0 Å². The van der Waals surface area contributed by atoms with Gasteiger partial charge in [0.15, 0.2) is 0 Å². The van der Waals surface area contributed by atoms with Crippen molar-refractivity contribution in [2.75, 3.05) is 6.61 Å². The van der Waals surface area contributed by atoms with Crippen molar-refractivity contribution in [2.45, 2.75) is 20.8 Å². The maximum Gasteiger partial charge on any atom is 0.379 e. The molecular formula is C12H14O4. The lowest BCUT2D eigenvalue weighted by Gasteiger charge is -2.08. The van der Waals surface area contributed by atoms with Crippen LogP contribution in [-0.4, -0.2) is 23.5 Å². The molecule has 0 fully saturated rings. The Hall–Kier alpha value is -1.84. The van der Waals surface area contributed by atoms with E-state index in [1.807, 2.05) is 0 Å². The van der Waals surface area contributed by atoms with Crippen LogP contribution in [0.25, 0.3) is 0 Å². The fourth-order valence-corrected chi connectivity index (χ4v) is 1.54. The summed E-state index contributed by atoms with van der Waals surface area (Å²) in [6.07, 6.45) is 0. The van der Waals surface area contributed by atoms with Crippen molar-refractivity contribution in [2.24, 2.45) is 0 Å². The zero-order valence-corrected chi connectivity index (χ0v) is 9.53. The molecule has 0 amide bonds. The van der Waals surface area contributed by atoms with Crippen molar-refractivity contribution in [3.63, 3.8) is 0 Å². The molecule has 0 spiro atoms. The lowest BCUT2D eigenvalue weighted by atomic mass is 10.0. The molecule has 1 aromatic rings. The zero-order chi connectivity index (χ0) is 12.3. The first-order valence-corrected chi connectivity index (χ1v) is 4.99. The standard InChI is InChI=1S/C12H14O4/c1-4-16-12(15)11(14)10-8(3)5-7(2)6-9(10)13/h5-6,13H,4H2,1-3H3. The predicted octanol–water partition coefficient (Wildman–Crippen LogP) is 1.75. The molecule has 86 valence electrons. The largest absolute Gasteiger partial charge is 0.507 e. The third-order valence-corrected chi connectivity index (χ3v) is 2.15. The Morgan fingerprint density at radius 1 is 1.31 bits per heavy atom. The predicted molar refractivity (Wildman–Crippen MR) is 58.5 cm³/mol. The van der Waals surface area contributed by atoms with Crippen LogP contribution < -0.4 is 0 Å². The number of Topliss-reactive ketones (excluding diaryl/α,β-unsaturated/α-hetero) is 1. The Kier molecular flexibility index (Phi) is 3.66. The van der Waals surface area contributed by atoms with E-state index in [4.69, 9.17) is 0 Å². The topological polar surface area (TPSA) is 63.6 Å². The minimum Gasteiger partial charge on any atom is -0.507 e. The van der Waals surface area contributed by atoms with E-state index in [0.717, 1.165) is 5.56 Å². The molecule has 1 aromatic carbocycles. The van der Waals surface area contributed by atoms with Crippen molar-refractivity contribution in [3.05, 3.63) is 28.8 Å². The number of carbonyl (C=O) groups is 2. The third kappa shape index (κ3) is 2.39. The fraction of sp³-hybridized carbons (Fsp3) is 0.333. The molecule has 16 heavy (non-hydrogen) atoms. The molecule has 0 saturated heterocycles. The number of hydrogen-bond acceptors (Lipinski definition) is 4. The normalized spacial score (nSPS) is 9.94. The van der Waals surface area contributed by atoms with Crippen molar-refractivity contribution >= 4 is 11.8 Å². The highest BCUT2D eigenvalue weighted by atomic mass is 16.5. The van der Waals surface area contributed by atoms with E-state index in [0.29, 0.717) is 5.56 Å². The lowest BCUT2D eigenvalue weighted by molar-refractivity contribution is -0.137. The summed E-state index contributed by atoms with van der Waals surface area (Å²) in [6.45, 7) is 5.22. The zero-order valence-electron chi connectivity index (χ0n) is 9.53. The van der Waals surface area contributed by atoms with Gasteiger partial charge in [0.05, 0.1) is 12.2 Å². The molecule has 0 bridgehead atoms. The van der Waals surface area contributed by atoms with Crippen LogP contribution in [0, 0.1) is 13.8 Å². The summed E-state index contributed by atoms with van der Waals surface area (Å²) in [6, 6.07) is 3.17. The molecule has 4 heteroatoms. The molecule has 4 nitrogen and oxygen atoms in total. The quantitative estimate of drug-likeness (QED) is 0.481. The fourth-order valence-electron chi connectivity index (χ4n) is 1.54. The van der Waals surface area contributed by atoms with E-state index in [1.54, 1.807) is 26.8 Å². The maximum atomic E-state index is 11.7. The molecule has 0 unspecified atom stereocenters. The van der Waals surface area contributed by atoms with Crippen LogP contribution in [0.5, 0.6) is 5.75 Å². The van der Waals surface area contributed by atoms with Crippen LogP contribution in [0.2, 0.25) is 0 Å². The summed E-state index contributed by atoms with van der Waals surface area (Å²) in [5.41, 5.74) is 1.41. The number of rotatable bonds is 3. The summed E-state index contributed by atoms with van der Waals surface area (Å²) in [7, 11) is 0. The van der Waals surface area contributed by atoms with Crippen LogP contribution >= 0.6 is 0 Å². The van der Waals surface area contributed by atoms with Gasteiger partial charge in [0.2, 0.25) is 0 Å². The van der Waals surface area contributed by atoms with Gasteiger partial charge in [-0.25, -0.2) is 4.79 Å². The van der Waals surface area contributed by atoms with Gasteiger partial charge >= 0.3 is 5.97 Å². The molecule has 0 aliphatic rings.